The van der Waals surface area contributed by atoms with Gasteiger partial charge in [-0.3, -0.25) is 0 Å². The molecule has 0 saturated carbocycles. The highest BCUT2D eigenvalue weighted by molar-refractivity contribution is 5.74. The van der Waals surface area contributed by atoms with Crippen molar-refractivity contribution in [3.8, 4) is 0 Å². The topological polar surface area (TPSA) is 58.1 Å². The number of aryl methyl sites for hydroxylation is 1. The van der Waals surface area contributed by atoms with Crippen molar-refractivity contribution >= 4 is 6.03 Å². The van der Waals surface area contributed by atoms with E-state index in [1.54, 1.807) is 19.2 Å². The lowest BCUT2D eigenvalue weighted by Crippen LogP contribution is -2.42. The number of nitrogens with one attached hydrogen (secondary N) is 1. The van der Waals surface area contributed by atoms with Gasteiger partial charge in [0, 0.05) is 25.4 Å². The molecule has 0 spiro atoms. The molecule has 1 aliphatic heterocycles. The largest absolute Gasteiger partial charge is 0.332 e. The van der Waals surface area contributed by atoms with Gasteiger partial charge in [-0.15, -0.1) is 0 Å². The maximum atomic E-state index is 13.7. The van der Waals surface area contributed by atoms with Crippen molar-refractivity contribution in [2.75, 3.05) is 6.54 Å². The van der Waals surface area contributed by atoms with Crippen molar-refractivity contribution in [1.29, 1.82) is 0 Å². The van der Waals surface area contributed by atoms with Crippen LogP contribution in [-0.2, 0) is 19.5 Å². The van der Waals surface area contributed by atoms with Crippen LogP contribution in [0.25, 0.3) is 0 Å². The van der Waals surface area contributed by atoms with Crippen LogP contribution in [0.15, 0.2) is 24.4 Å². The van der Waals surface area contributed by atoms with E-state index in [0.717, 1.165) is 6.07 Å². The van der Waals surface area contributed by atoms with Gasteiger partial charge in [0.2, 0.25) is 0 Å². The standard InChI is InChI=1S/C16H16F2N4O/c1-10-19-4-2-13(21-10)8-20-16(23)22-5-3-14-11(9-22)6-12(17)7-15(14)18/h2,4,6-7H,3,5,8-9H2,1H3,(H,20,23). The van der Waals surface area contributed by atoms with Crippen LogP contribution in [0.5, 0.6) is 0 Å². The molecule has 120 valence electrons. The van der Waals surface area contributed by atoms with E-state index in [-0.39, 0.29) is 19.1 Å². The van der Waals surface area contributed by atoms with Crippen LogP contribution in [0, 0.1) is 18.6 Å². The summed E-state index contributed by atoms with van der Waals surface area (Å²) >= 11 is 0. The molecule has 1 N–H and O–H groups in total. The fourth-order valence-corrected chi connectivity index (χ4v) is 2.66. The van der Waals surface area contributed by atoms with E-state index in [2.05, 4.69) is 15.3 Å². The van der Waals surface area contributed by atoms with Crippen molar-refractivity contribution in [2.24, 2.45) is 0 Å². The lowest BCUT2D eigenvalue weighted by Gasteiger charge is -2.29. The van der Waals surface area contributed by atoms with Crippen molar-refractivity contribution in [3.63, 3.8) is 0 Å². The number of rotatable bonds is 2. The molecule has 3 rings (SSSR count). The second-order valence-electron chi connectivity index (χ2n) is 5.45. The number of hydrogen-bond acceptors (Lipinski definition) is 3. The van der Waals surface area contributed by atoms with Crippen LogP contribution < -0.4 is 5.32 Å². The number of fused-ring (bicyclic) bond motifs is 1. The van der Waals surface area contributed by atoms with E-state index < -0.39 is 11.6 Å². The molecule has 1 aromatic carbocycles. The van der Waals surface area contributed by atoms with Crippen LogP contribution in [0.3, 0.4) is 0 Å². The average molecular weight is 318 g/mol. The van der Waals surface area contributed by atoms with E-state index in [0.29, 0.717) is 35.6 Å². The SMILES string of the molecule is Cc1nccc(CNC(=O)N2CCc3c(F)cc(F)cc3C2)n1. The Kier molecular flexibility index (Phi) is 4.18. The van der Waals surface area contributed by atoms with Gasteiger partial charge in [0.25, 0.3) is 0 Å². The molecule has 2 aromatic rings. The van der Waals surface area contributed by atoms with Crippen LogP contribution in [0.2, 0.25) is 0 Å². The molecule has 0 radical (unpaired) electrons. The Labute approximate surface area is 132 Å². The Bertz CT molecular complexity index is 751. The van der Waals surface area contributed by atoms with Gasteiger partial charge >= 0.3 is 6.03 Å². The Morgan fingerprint density at radius 1 is 1.39 bits per heavy atom. The van der Waals surface area contributed by atoms with Gasteiger partial charge in [0.15, 0.2) is 0 Å². The third kappa shape index (κ3) is 3.44. The van der Waals surface area contributed by atoms with Crippen molar-refractivity contribution in [2.45, 2.75) is 26.4 Å². The molecular weight excluding hydrogens is 302 g/mol. The number of amides is 2. The number of urea groups is 1. The highest BCUT2D eigenvalue weighted by atomic mass is 19.1. The van der Waals surface area contributed by atoms with E-state index in [4.69, 9.17) is 0 Å². The zero-order valence-electron chi connectivity index (χ0n) is 12.6. The Morgan fingerprint density at radius 3 is 3.00 bits per heavy atom. The molecule has 0 aliphatic carbocycles. The number of aromatic nitrogens is 2. The number of hydrogen-bond donors (Lipinski definition) is 1. The fraction of sp³-hybridized carbons (Fsp3) is 0.312. The maximum Gasteiger partial charge on any atom is 0.318 e. The molecule has 0 atom stereocenters. The average Bonchev–Trinajstić information content (AvgIpc) is 2.52. The van der Waals surface area contributed by atoms with Gasteiger partial charge in [0.1, 0.15) is 17.5 Å². The molecule has 1 aliphatic rings. The lowest BCUT2D eigenvalue weighted by molar-refractivity contribution is 0.191. The molecule has 7 heteroatoms. The van der Waals surface area contributed by atoms with Crippen LogP contribution in [0.4, 0.5) is 13.6 Å². The lowest BCUT2D eigenvalue weighted by atomic mass is 9.99. The smallest absolute Gasteiger partial charge is 0.318 e. The maximum absolute atomic E-state index is 13.7. The number of benzene rings is 1. The number of carbonyl (C=O) groups is 1. The molecule has 0 fully saturated rings. The first-order valence-electron chi connectivity index (χ1n) is 7.31. The summed E-state index contributed by atoms with van der Waals surface area (Å²) < 4.78 is 27.0. The monoisotopic (exact) mass is 318 g/mol. The zero-order chi connectivity index (χ0) is 16.4. The summed E-state index contributed by atoms with van der Waals surface area (Å²) in [6.45, 7) is 2.64. The summed E-state index contributed by atoms with van der Waals surface area (Å²) in [5, 5.41) is 2.77. The quantitative estimate of drug-likeness (QED) is 0.924. The molecule has 0 bridgehead atoms. The second-order valence-corrected chi connectivity index (χ2v) is 5.45. The summed E-state index contributed by atoms with van der Waals surface area (Å²) in [5.74, 6) is -0.536. The molecule has 23 heavy (non-hydrogen) atoms. The summed E-state index contributed by atoms with van der Waals surface area (Å²) in [6, 6.07) is 3.61. The van der Waals surface area contributed by atoms with E-state index in [9.17, 15) is 13.6 Å². The van der Waals surface area contributed by atoms with Crippen molar-refractivity contribution in [3.05, 3.63) is 58.7 Å². The first-order chi connectivity index (χ1) is 11.0. The molecule has 2 heterocycles. The fourth-order valence-electron chi connectivity index (χ4n) is 2.66. The zero-order valence-corrected chi connectivity index (χ0v) is 12.6. The predicted molar refractivity (Wildman–Crippen MR) is 79.5 cm³/mol. The minimum absolute atomic E-state index is 0.193. The molecule has 0 saturated heterocycles. The molecule has 0 unspecified atom stereocenters. The molecule has 2 amide bonds. The molecule has 5 nitrogen and oxygen atoms in total. The van der Waals surface area contributed by atoms with Crippen LogP contribution in [0.1, 0.15) is 22.6 Å². The summed E-state index contributed by atoms with van der Waals surface area (Å²) in [6.07, 6.45) is 2.01. The van der Waals surface area contributed by atoms with Gasteiger partial charge in [-0.05, 0) is 36.6 Å². The van der Waals surface area contributed by atoms with Crippen molar-refractivity contribution in [1.82, 2.24) is 20.2 Å². The van der Waals surface area contributed by atoms with Gasteiger partial charge < -0.3 is 10.2 Å². The predicted octanol–water partition coefficient (Wildman–Crippen LogP) is 2.33. The van der Waals surface area contributed by atoms with Crippen LogP contribution >= 0.6 is 0 Å². The van der Waals surface area contributed by atoms with Gasteiger partial charge in [0.05, 0.1) is 12.2 Å². The first-order valence-corrected chi connectivity index (χ1v) is 7.31. The summed E-state index contributed by atoms with van der Waals surface area (Å²) in [5.41, 5.74) is 1.71. The highest BCUT2D eigenvalue weighted by Gasteiger charge is 2.23. The van der Waals surface area contributed by atoms with Gasteiger partial charge in [-0.25, -0.2) is 23.5 Å². The Balaban J connectivity index is 1.65. The second kappa shape index (κ2) is 6.28. The van der Waals surface area contributed by atoms with E-state index >= 15 is 0 Å². The van der Waals surface area contributed by atoms with E-state index in [1.807, 2.05) is 0 Å². The van der Waals surface area contributed by atoms with Gasteiger partial charge in [-0.1, -0.05) is 0 Å². The third-order valence-corrected chi connectivity index (χ3v) is 3.79. The minimum Gasteiger partial charge on any atom is -0.332 e. The first kappa shape index (κ1) is 15.3. The molecule has 1 aromatic heterocycles. The summed E-state index contributed by atoms with van der Waals surface area (Å²) in [4.78, 5) is 22.0. The summed E-state index contributed by atoms with van der Waals surface area (Å²) in [7, 11) is 0. The number of halogens is 2. The highest BCUT2D eigenvalue weighted by Crippen LogP contribution is 2.23. The Hall–Kier alpha value is -2.57. The van der Waals surface area contributed by atoms with Crippen molar-refractivity contribution < 1.29 is 13.6 Å². The van der Waals surface area contributed by atoms with Gasteiger partial charge in [-0.2, -0.15) is 0 Å². The van der Waals surface area contributed by atoms with Crippen LogP contribution in [-0.4, -0.2) is 27.4 Å². The molecular formula is C16H16F2N4O. The Morgan fingerprint density at radius 2 is 2.22 bits per heavy atom. The minimum atomic E-state index is -0.625. The normalized spacial score (nSPS) is 13.6. The third-order valence-electron chi connectivity index (χ3n) is 3.79. The number of carbonyl (C=O) groups excluding carboxylic acids is 1. The van der Waals surface area contributed by atoms with E-state index in [1.165, 1.54) is 11.0 Å². The number of nitrogens with zero attached hydrogens (tertiary/aromatic N) is 3.